The molecule has 0 spiro atoms. The van der Waals surface area contributed by atoms with Crippen LogP contribution in [0.3, 0.4) is 0 Å². The Kier molecular flexibility index (Phi) is 4.82. The number of rotatable bonds is 3. The van der Waals surface area contributed by atoms with Crippen molar-refractivity contribution in [1.29, 1.82) is 0 Å². The smallest absolute Gasteiger partial charge is 0.269 e. The summed E-state index contributed by atoms with van der Waals surface area (Å²) in [4.78, 5) is 12.0. The maximum Gasteiger partial charge on any atom is 0.269 e. The highest BCUT2D eigenvalue weighted by atomic mass is 35.5. The van der Waals surface area contributed by atoms with Crippen LogP contribution in [0.15, 0.2) is 41.3 Å². The lowest BCUT2D eigenvalue weighted by Gasteiger charge is -2.44. The van der Waals surface area contributed by atoms with Crippen molar-refractivity contribution in [3.05, 3.63) is 62.7 Å². The van der Waals surface area contributed by atoms with Crippen LogP contribution in [0.5, 0.6) is 0 Å². The summed E-state index contributed by atoms with van der Waals surface area (Å²) in [6.45, 7) is 0.736. The molecular formula is C19H19ClN2O3S. The zero-order chi connectivity index (χ0) is 18.3. The van der Waals surface area contributed by atoms with Gasteiger partial charge in [0, 0.05) is 45.7 Å². The average molecular weight is 391 g/mol. The lowest BCUT2D eigenvalue weighted by atomic mass is 9.77. The zero-order valence-electron chi connectivity index (χ0n) is 14.3. The Bertz CT molecular complexity index is 861. The van der Waals surface area contributed by atoms with E-state index in [0.717, 1.165) is 35.6 Å². The lowest BCUT2D eigenvalue weighted by molar-refractivity contribution is -0.384. The molecule has 3 unspecified atom stereocenters. The Labute approximate surface area is 161 Å². The first-order valence-corrected chi connectivity index (χ1v) is 10.2. The number of hydrogen-bond donors (Lipinski definition) is 1. The summed E-state index contributed by atoms with van der Waals surface area (Å²) >= 11 is 8.13. The molecule has 0 aromatic heterocycles. The summed E-state index contributed by atoms with van der Waals surface area (Å²) in [5, 5.41) is 15.4. The van der Waals surface area contributed by atoms with E-state index in [2.05, 4.69) is 23.5 Å². The van der Waals surface area contributed by atoms with E-state index in [1.54, 1.807) is 23.9 Å². The number of non-ortho nitro benzene ring substituents is 1. The van der Waals surface area contributed by atoms with Crippen LogP contribution in [0.1, 0.15) is 36.1 Å². The molecule has 2 aromatic carbocycles. The molecule has 0 amide bonds. The van der Waals surface area contributed by atoms with E-state index < -0.39 is 0 Å². The van der Waals surface area contributed by atoms with Crippen molar-refractivity contribution in [2.45, 2.75) is 29.9 Å². The van der Waals surface area contributed by atoms with Crippen molar-refractivity contribution in [3.8, 4) is 0 Å². The minimum absolute atomic E-state index is 0.0209. The van der Waals surface area contributed by atoms with Crippen molar-refractivity contribution in [1.82, 2.24) is 0 Å². The number of nitrogens with one attached hydrogen (secondary N) is 1. The van der Waals surface area contributed by atoms with Gasteiger partial charge in [-0.2, -0.15) is 0 Å². The molecule has 4 rings (SSSR count). The Morgan fingerprint density at radius 3 is 2.92 bits per heavy atom. The first-order valence-electron chi connectivity index (χ1n) is 8.59. The van der Waals surface area contributed by atoms with Crippen molar-refractivity contribution < 1.29 is 9.66 Å². The van der Waals surface area contributed by atoms with Gasteiger partial charge in [-0.1, -0.05) is 23.7 Å². The fraction of sp³-hybridized carbons (Fsp3) is 0.368. The van der Waals surface area contributed by atoms with Gasteiger partial charge in [-0.05, 0) is 31.2 Å². The zero-order valence-corrected chi connectivity index (χ0v) is 15.8. The summed E-state index contributed by atoms with van der Waals surface area (Å²) in [6.07, 6.45) is 3.99. The van der Waals surface area contributed by atoms with Gasteiger partial charge < -0.3 is 10.1 Å². The Morgan fingerprint density at radius 1 is 1.31 bits per heavy atom. The Balaban J connectivity index is 1.84. The number of nitrogens with zero attached hydrogens (tertiary/aromatic N) is 1. The first kappa shape index (κ1) is 17.6. The number of ether oxygens (including phenoxy) is 1. The van der Waals surface area contributed by atoms with E-state index in [1.807, 2.05) is 6.26 Å². The van der Waals surface area contributed by atoms with Crippen LogP contribution in [-0.2, 0) is 4.74 Å². The van der Waals surface area contributed by atoms with Gasteiger partial charge in [0.25, 0.3) is 5.69 Å². The SMILES string of the molecule is CSc1cccc2c1NC(c1cc([N+](=O)[O-])ccc1Cl)C1CCCOC21. The molecule has 0 radical (unpaired) electrons. The first-order chi connectivity index (χ1) is 12.6. The maximum atomic E-state index is 11.2. The number of thioether (sulfide) groups is 1. The van der Waals surface area contributed by atoms with Gasteiger partial charge in [0.2, 0.25) is 0 Å². The molecule has 3 atom stereocenters. The summed E-state index contributed by atoms with van der Waals surface area (Å²) in [6, 6.07) is 10.8. The highest BCUT2D eigenvalue weighted by molar-refractivity contribution is 7.98. The standard InChI is InChI=1S/C19H19ClN2O3S/c1-26-16-6-2-4-13-18(16)21-17(12-5-3-9-25-19(12)13)14-10-11(22(23)24)7-8-15(14)20/h2,4,6-8,10,12,17,19,21H,3,5,9H2,1H3. The van der Waals surface area contributed by atoms with E-state index in [-0.39, 0.29) is 28.7 Å². The van der Waals surface area contributed by atoms with Gasteiger partial charge in [0.1, 0.15) is 0 Å². The number of anilines is 1. The second-order valence-corrected chi connectivity index (χ2v) is 7.86. The largest absolute Gasteiger partial charge is 0.377 e. The van der Waals surface area contributed by atoms with E-state index in [0.29, 0.717) is 5.02 Å². The maximum absolute atomic E-state index is 11.2. The van der Waals surface area contributed by atoms with Gasteiger partial charge in [-0.15, -0.1) is 11.8 Å². The van der Waals surface area contributed by atoms with Gasteiger partial charge in [0.05, 0.1) is 22.8 Å². The molecule has 136 valence electrons. The van der Waals surface area contributed by atoms with Crippen molar-refractivity contribution in [3.63, 3.8) is 0 Å². The number of benzene rings is 2. The molecule has 2 heterocycles. The molecule has 5 nitrogen and oxygen atoms in total. The molecule has 2 aromatic rings. The normalized spacial score (nSPS) is 24.3. The van der Waals surface area contributed by atoms with Crippen molar-refractivity contribution >= 4 is 34.7 Å². The molecule has 26 heavy (non-hydrogen) atoms. The van der Waals surface area contributed by atoms with E-state index in [4.69, 9.17) is 16.3 Å². The van der Waals surface area contributed by atoms with E-state index in [1.165, 1.54) is 11.6 Å². The number of nitro benzene ring substituents is 1. The van der Waals surface area contributed by atoms with Crippen molar-refractivity contribution in [2.24, 2.45) is 5.92 Å². The quantitative estimate of drug-likeness (QED) is 0.419. The molecule has 0 saturated carbocycles. The number of nitro groups is 1. The second kappa shape index (κ2) is 7.10. The van der Waals surface area contributed by atoms with Gasteiger partial charge >= 0.3 is 0 Å². The predicted molar refractivity (Wildman–Crippen MR) is 104 cm³/mol. The van der Waals surface area contributed by atoms with E-state index in [9.17, 15) is 10.1 Å². The summed E-state index contributed by atoms with van der Waals surface area (Å²) in [7, 11) is 0. The molecule has 0 aliphatic carbocycles. The molecule has 0 bridgehead atoms. The molecule has 1 saturated heterocycles. The summed E-state index contributed by atoms with van der Waals surface area (Å²) in [5.74, 6) is 0.188. The van der Waals surface area contributed by atoms with E-state index >= 15 is 0 Å². The fourth-order valence-electron chi connectivity index (χ4n) is 4.03. The predicted octanol–water partition coefficient (Wildman–Crippen LogP) is 5.60. The van der Waals surface area contributed by atoms with Crippen LogP contribution < -0.4 is 5.32 Å². The van der Waals surface area contributed by atoms with Crippen molar-refractivity contribution in [2.75, 3.05) is 18.2 Å². The number of halogens is 1. The fourth-order valence-corrected chi connectivity index (χ4v) is 4.86. The number of para-hydroxylation sites is 1. The lowest BCUT2D eigenvalue weighted by Crippen LogP contribution is -2.36. The summed E-state index contributed by atoms with van der Waals surface area (Å²) in [5.41, 5.74) is 3.04. The molecule has 1 N–H and O–H groups in total. The van der Waals surface area contributed by atoms with Gasteiger partial charge in [-0.3, -0.25) is 10.1 Å². The number of hydrogen-bond acceptors (Lipinski definition) is 5. The van der Waals surface area contributed by atoms with Crippen LogP contribution in [-0.4, -0.2) is 17.8 Å². The van der Waals surface area contributed by atoms with Crippen LogP contribution in [0.25, 0.3) is 0 Å². The van der Waals surface area contributed by atoms with Crippen LogP contribution in [0.4, 0.5) is 11.4 Å². The third-order valence-corrected chi connectivity index (χ3v) is 6.33. The third-order valence-electron chi connectivity index (χ3n) is 5.21. The highest BCUT2D eigenvalue weighted by Gasteiger charge is 2.41. The Morgan fingerprint density at radius 2 is 2.15 bits per heavy atom. The molecule has 7 heteroatoms. The minimum Gasteiger partial charge on any atom is -0.377 e. The number of fused-ring (bicyclic) bond motifs is 3. The Hall–Kier alpha value is -1.76. The average Bonchev–Trinajstić information content (AvgIpc) is 2.67. The molecule has 2 aliphatic heterocycles. The topological polar surface area (TPSA) is 64.4 Å². The molecular weight excluding hydrogens is 372 g/mol. The second-order valence-electron chi connectivity index (χ2n) is 6.61. The van der Waals surface area contributed by atoms with Crippen LogP contribution in [0, 0.1) is 16.0 Å². The van der Waals surface area contributed by atoms with Crippen LogP contribution >= 0.6 is 23.4 Å². The molecule has 2 aliphatic rings. The van der Waals surface area contributed by atoms with Crippen LogP contribution in [0.2, 0.25) is 5.02 Å². The van der Waals surface area contributed by atoms with Gasteiger partial charge in [0.15, 0.2) is 0 Å². The minimum atomic E-state index is -0.376. The monoisotopic (exact) mass is 390 g/mol. The molecule has 1 fully saturated rings. The summed E-state index contributed by atoms with van der Waals surface area (Å²) < 4.78 is 6.15. The third kappa shape index (κ3) is 2.96. The van der Waals surface area contributed by atoms with Gasteiger partial charge in [-0.25, -0.2) is 0 Å². The highest BCUT2D eigenvalue weighted by Crippen LogP contribution is 2.52.